The van der Waals surface area contributed by atoms with Crippen LogP contribution in [0.5, 0.6) is 0 Å². The molecule has 0 amide bonds. The third-order valence-electron chi connectivity index (χ3n) is 2.65. The summed E-state index contributed by atoms with van der Waals surface area (Å²) >= 11 is 1.83. The van der Waals surface area contributed by atoms with Crippen molar-refractivity contribution in [1.29, 1.82) is 0 Å². The molecule has 1 atom stereocenters. The Balaban J connectivity index is 2.37. The largest absolute Gasteiger partial charge is 0.357 e. The summed E-state index contributed by atoms with van der Waals surface area (Å²) in [6, 6.07) is 6.00. The molecule has 0 spiro atoms. The monoisotopic (exact) mass is 280 g/mol. The van der Waals surface area contributed by atoms with E-state index >= 15 is 0 Å². The highest BCUT2D eigenvalue weighted by Crippen LogP contribution is 2.04. The quantitative estimate of drug-likeness (QED) is 0.592. The van der Waals surface area contributed by atoms with Gasteiger partial charge >= 0.3 is 0 Å². The van der Waals surface area contributed by atoms with E-state index in [1.165, 1.54) is 0 Å². The first-order chi connectivity index (χ1) is 9.26. The maximum atomic E-state index is 4.57. The molecule has 0 bridgehead atoms. The Bertz CT molecular complexity index is 367. The van der Waals surface area contributed by atoms with Crippen molar-refractivity contribution in [1.82, 2.24) is 15.6 Å². The maximum absolute atomic E-state index is 4.57. The van der Waals surface area contributed by atoms with Gasteiger partial charge in [-0.1, -0.05) is 13.0 Å². The number of aromatic nitrogens is 1. The van der Waals surface area contributed by atoms with Crippen molar-refractivity contribution in [2.45, 2.75) is 25.5 Å². The summed E-state index contributed by atoms with van der Waals surface area (Å²) in [6.45, 7) is 6.82. The van der Waals surface area contributed by atoms with E-state index in [0.717, 1.165) is 37.7 Å². The van der Waals surface area contributed by atoms with Gasteiger partial charge in [-0.25, -0.2) is 0 Å². The first kappa shape index (κ1) is 15.8. The molecule has 1 rings (SSSR count). The minimum absolute atomic E-state index is 0.547. The fourth-order valence-electron chi connectivity index (χ4n) is 1.49. The van der Waals surface area contributed by atoms with Crippen molar-refractivity contribution < 1.29 is 0 Å². The number of hydrogen-bond donors (Lipinski definition) is 2. The molecule has 19 heavy (non-hydrogen) atoms. The van der Waals surface area contributed by atoms with E-state index in [0.29, 0.717) is 5.25 Å². The molecule has 0 saturated heterocycles. The fraction of sp³-hybridized carbons (Fsp3) is 0.571. The van der Waals surface area contributed by atoms with Crippen LogP contribution in [0.25, 0.3) is 0 Å². The molecule has 0 aliphatic rings. The molecule has 0 aliphatic carbocycles. The van der Waals surface area contributed by atoms with Gasteiger partial charge in [0.1, 0.15) is 0 Å². The van der Waals surface area contributed by atoms with Gasteiger partial charge in [0.2, 0.25) is 0 Å². The number of nitrogens with one attached hydrogen (secondary N) is 2. The molecule has 2 N–H and O–H groups in total. The van der Waals surface area contributed by atoms with E-state index in [2.05, 4.69) is 40.7 Å². The van der Waals surface area contributed by atoms with Crippen LogP contribution in [0.2, 0.25) is 0 Å². The molecule has 0 fully saturated rings. The Morgan fingerprint density at radius 2 is 2.26 bits per heavy atom. The van der Waals surface area contributed by atoms with Gasteiger partial charge in [0.15, 0.2) is 5.96 Å². The highest BCUT2D eigenvalue weighted by atomic mass is 32.2. The predicted molar refractivity (Wildman–Crippen MR) is 84.9 cm³/mol. The van der Waals surface area contributed by atoms with Gasteiger partial charge in [-0.3, -0.25) is 9.98 Å². The summed E-state index contributed by atoms with van der Waals surface area (Å²) in [6.07, 6.45) is 4.85. The second-order valence-corrected chi connectivity index (χ2v) is 5.54. The van der Waals surface area contributed by atoms with E-state index in [1.54, 1.807) is 0 Å². The lowest BCUT2D eigenvalue weighted by molar-refractivity contribution is 0.785. The summed E-state index contributed by atoms with van der Waals surface area (Å²) in [5.41, 5.74) is 1.10. The molecule has 1 heterocycles. The van der Waals surface area contributed by atoms with Crippen molar-refractivity contribution in [2.75, 3.05) is 25.9 Å². The van der Waals surface area contributed by atoms with Crippen LogP contribution in [0.1, 0.15) is 19.5 Å². The summed E-state index contributed by atoms with van der Waals surface area (Å²) in [5.74, 6) is 0.888. The van der Waals surface area contributed by atoms with Crippen molar-refractivity contribution in [3.05, 3.63) is 30.1 Å². The Morgan fingerprint density at radius 3 is 2.89 bits per heavy atom. The van der Waals surface area contributed by atoms with E-state index < -0.39 is 0 Å². The van der Waals surface area contributed by atoms with Gasteiger partial charge in [0, 0.05) is 36.7 Å². The fourth-order valence-corrected chi connectivity index (χ4v) is 1.71. The zero-order valence-corrected chi connectivity index (χ0v) is 12.8. The average molecular weight is 280 g/mol. The maximum Gasteiger partial charge on any atom is 0.191 e. The van der Waals surface area contributed by atoms with Crippen molar-refractivity contribution in [3.8, 4) is 0 Å². The Kier molecular flexibility index (Phi) is 8.05. The molecule has 1 unspecified atom stereocenters. The van der Waals surface area contributed by atoms with Crippen LogP contribution in [0.3, 0.4) is 0 Å². The first-order valence-electron chi connectivity index (χ1n) is 6.71. The van der Waals surface area contributed by atoms with Crippen LogP contribution in [0.4, 0.5) is 0 Å². The Morgan fingerprint density at radius 1 is 1.42 bits per heavy atom. The summed E-state index contributed by atoms with van der Waals surface area (Å²) < 4.78 is 0. The van der Waals surface area contributed by atoms with Crippen LogP contribution in [0, 0.1) is 0 Å². The van der Waals surface area contributed by atoms with E-state index in [-0.39, 0.29) is 0 Å². The standard InChI is InChI=1S/C14H24N4S/c1-4-15-14(18-11-12(2)19-3)17-10-8-13-7-5-6-9-16-13/h5-7,9,12H,4,8,10-11H2,1-3H3,(H2,15,17,18). The average Bonchev–Trinajstić information content (AvgIpc) is 2.45. The van der Waals surface area contributed by atoms with Crippen LogP contribution in [-0.2, 0) is 6.42 Å². The number of thioether (sulfide) groups is 1. The molecule has 4 nitrogen and oxygen atoms in total. The number of nitrogens with zero attached hydrogens (tertiary/aromatic N) is 2. The van der Waals surface area contributed by atoms with Gasteiger partial charge in [-0.2, -0.15) is 11.8 Å². The molecular weight excluding hydrogens is 256 g/mol. The van der Waals surface area contributed by atoms with Crippen LogP contribution in [-0.4, -0.2) is 42.1 Å². The van der Waals surface area contributed by atoms with Crippen LogP contribution >= 0.6 is 11.8 Å². The summed E-state index contributed by atoms with van der Waals surface area (Å²) in [5, 5.41) is 7.14. The van der Waals surface area contributed by atoms with E-state index in [9.17, 15) is 0 Å². The molecular formula is C14H24N4S. The zero-order valence-electron chi connectivity index (χ0n) is 12.0. The SMILES string of the molecule is CCNC(=NCC(C)SC)NCCc1ccccn1. The molecule has 1 aromatic rings. The minimum atomic E-state index is 0.547. The third kappa shape index (κ3) is 7.06. The van der Waals surface area contributed by atoms with Crippen molar-refractivity contribution in [3.63, 3.8) is 0 Å². The van der Waals surface area contributed by atoms with Gasteiger partial charge in [-0.05, 0) is 25.3 Å². The highest BCUT2D eigenvalue weighted by Gasteiger charge is 2.01. The second-order valence-electron chi connectivity index (χ2n) is 4.26. The third-order valence-corrected chi connectivity index (χ3v) is 3.61. The molecule has 5 heteroatoms. The lowest BCUT2D eigenvalue weighted by atomic mass is 10.3. The first-order valence-corrected chi connectivity index (χ1v) is 8.00. The smallest absolute Gasteiger partial charge is 0.191 e. The topological polar surface area (TPSA) is 49.3 Å². The molecule has 1 aromatic heterocycles. The van der Waals surface area contributed by atoms with Gasteiger partial charge in [0.05, 0.1) is 6.54 Å². The van der Waals surface area contributed by atoms with Crippen LogP contribution in [0.15, 0.2) is 29.4 Å². The molecule has 106 valence electrons. The van der Waals surface area contributed by atoms with Gasteiger partial charge in [0.25, 0.3) is 0 Å². The minimum Gasteiger partial charge on any atom is -0.357 e. The van der Waals surface area contributed by atoms with Gasteiger partial charge < -0.3 is 10.6 Å². The van der Waals surface area contributed by atoms with Crippen LogP contribution < -0.4 is 10.6 Å². The number of guanidine groups is 1. The van der Waals surface area contributed by atoms with Crippen molar-refractivity contribution >= 4 is 17.7 Å². The molecule has 0 aromatic carbocycles. The number of hydrogen-bond acceptors (Lipinski definition) is 3. The van der Waals surface area contributed by atoms with E-state index in [1.807, 2.05) is 36.2 Å². The normalized spacial score (nSPS) is 13.1. The van der Waals surface area contributed by atoms with Gasteiger partial charge in [-0.15, -0.1) is 0 Å². The zero-order chi connectivity index (χ0) is 13.9. The molecule has 0 aliphatic heterocycles. The Labute approximate surface area is 120 Å². The Hall–Kier alpha value is -1.23. The number of aliphatic imine (C=N–C) groups is 1. The predicted octanol–water partition coefficient (Wildman–Crippen LogP) is 1.93. The lowest BCUT2D eigenvalue weighted by Gasteiger charge is -2.12. The highest BCUT2D eigenvalue weighted by molar-refractivity contribution is 7.99. The number of pyridine rings is 1. The lowest BCUT2D eigenvalue weighted by Crippen LogP contribution is -2.38. The number of rotatable bonds is 7. The van der Waals surface area contributed by atoms with Crippen molar-refractivity contribution in [2.24, 2.45) is 4.99 Å². The second kappa shape index (κ2) is 9.67. The van der Waals surface area contributed by atoms with E-state index in [4.69, 9.17) is 0 Å². The molecule has 0 radical (unpaired) electrons. The summed E-state index contributed by atoms with van der Waals surface area (Å²) in [4.78, 5) is 8.87. The molecule has 0 saturated carbocycles. The summed E-state index contributed by atoms with van der Waals surface area (Å²) in [7, 11) is 0.